The Hall–Kier alpha value is -2.33. The first-order valence-electron chi connectivity index (χ1n) is 7.16. The highest BCUT2D eigenvalue weighted by Gasteiger charge is 2.14. The lowest BCUT2D eigenvalue weighted by Gasteiger charge is -2.06. The van der Waals surface area contributed by atoms with E-state index in [9.17, 15) is 4.79 Å². The van der Waals surface area contributed by atoms with Crippen LogP contribution in [0.25, 0.3) is 10.2 Å². The van der Waals surface area contributed by atoms with Gasteiger partial charge >= 0.3 is 0 Å². The normalized spacial score (nSPS) is 10.9. The van der Waals surface area contributed by atoms with Gasteiger partial charge in [0.15, 0.2) is 10.3 Å². The lowest BCUT2D eigenvalue weighted by Crippen LogP contribution is -2.20. The number of amides is 1. The molecule has 3 aromatic rings. The van der Waals surface area contributed by atoms with Crippen LogP contribution in [0, 0.1) is 0 Å². The first kappa shape index (κ1) is 16.5. The summed E-state index contributed by atoms with van der Waals surface area (Å²) in [4.78, 5) is 16.7. The number of aromatic nitrogens is 4. The van der Waals surface area contributed by atoms with E-state index in [1.54, 1.807) is 11.7 Å². The molecular formula is C14H16N6O2S2. The average molecular weight is 364 g/mol. The molecule has 24 heavy (non-hydrogen) atoms. The number of benzene rings is 1. The summed E-state index contributed by atoms with van der Waals surface area (Å²) in [7, 11) is 1.61. The van der Waals surface area contributed by atoms with Crippen molar-refractivity contribution in [3.8, 4) is 5.75 Å². The van der Waals surface area contributed by atoms with Gasteiger partial charge in [0.2, 0.25) is 11.9 Å². The minimum Gasteiger partial charge on any atom is -0.497 e. The Bertz CT molecular complexity index is 875. The van der Waals surface area contributed by atoms with Crippen molar-refractivity contribution in [2.45, 2.75) is 18.6 Å². The molecule has 0 spiro atoms. The quantitative estimate of drug-likeness (QED) is 0.646. The number of hydrogen-bond acceptors (Lipinski definition) is 8. The molecular weight excluding hydrogens is 348 g/mol. The summed E-state index contributed by atoms with van der Waals surface area (Å²) in [6.45, 7) is 2.04. The van der Waals surface area contributed by atoms with Crippen molar-refractivity contribution in [2.75, 3.05) is 23.9 Å². The fraction of sp³-hybridized carbons (Fsp3) is 0.286. The zero-order valence-electron chi connectivity index (χ0n) is 13.1. The highest BCUT2D eigenvalue weighted by molar-refractivity contribution is 7.99. The van der Waals surface area contributed by atoms with E-state index in [0.29, 0.717) is 10.3 Å². The highest BCUT2D eigenvalue weighted by Crippen LogP contribution is 2.29. The molecule has 10 heteroatoms. The first-order chi connectivity index (χ1) is 11.6. The predicted molar refractivity (Wildman–Crippen MR) is 95.6 cm³/mol. The van der Waals surface area contributed by atoms with E-state index < -0.39 is 0 Å². The Labute approximate surface area is 146 Å². The Morgan fingerprint density at radius 1 is 1.46 bits per heavy atom. The molecule has 3 rings (SSSR count). The minimum atomic E-state index is -0.231. The summed E-state index contributed by atoms with van der Waals surface area (Å²) in [5.41, 5.74) is 6.58. The van der Waals surface area contributed by atoms with E-state index >= 15 is 0 Å². The molecule has 0 bridgehead atoms. The summed E-state index contributed by atoms with van der Waals surface area (Å²) in [6, 6.07) is 5.57. The third kappa shape index (κ3) is 3.44. The number of methoxy groups -OCH3 is 1. The van der Waals surface area contributed by atoms with E-state index in [4.69, 9.17) is 10.5 Å². The molecule has 0 aliphatic rings. The minimum absolute atomic E-state index is 0.0421. The number of nitrogens with two attached hydrogens (primary N) is 1. The predicted octanol–water partition coefficient (Wildman–Crippen LogP) is 2.23. The van der Waals surface area contributed by atoms with Gasteiger partial charge in [0.1, 0.15) is 12.3 Å². The van der Waals surface area contributed by atoms with Gasteiger partial charge < -0.3 is 15.8 Å². The summed E-state index contributed by atoms with van der Waals surface area (Å²) in [6.07, 6.45) is 0. The number of carbonyl (C=O) groups is 1. The Morgan fingerprint density at radius 2 is 2.29 bits per heavy atom. The monoisotopic (exact) mass is 364 g/mol. The van der Waals surface area contributed by atoms with Crippen LogP contribution in [0.1, 0.15) is 6.92 Å². The zero-order chi connectivity index (χ0) is 17.1. The number of thiazole rings is 1. The lowest BCUT2D eigenvalue weighted by molar-refractivity contribution is -0.116. The highest BCUT2D eigenvalue weighted by atomic mass is 32.2. The molecule has 0 fully saturated rings. The summed E-state index contributed by atoms with van der Waals surface area (Å²) in [5, 5.41) is 11.7. The van der Waals surface area contributed by atoms with Gasteiger partial charge in [-0.05, 0) is 24.0 Å². The maximum Gasteiger partial charge on any atom is 0.246 e. The maximum absolute atomic E-state index is 12.3. The van der Waals surface area contributed by atoms with Crippen molar-refractivity contribution in [3.63, 3.8) is 0 Å². The number of fused-ring (bicyclic) bond motifs is 1. The molecule has 0 saturated carbocycles. The fourth-order valence-electron chi connectivity index (χ4n) is 2.07. The number of anilines is 2. The average Bonchev–Trinajstić information content (AvgIpc) is 3.11. The fourth-order valence-corrected chi connectivity index (χ4v) is 3.65. The third-order valence-electron chi connectivity index (χ3n) is 3.16. The van der Waals surface area contributed by atoms with Crippen molar-refractivity contribution in [3.05, 3.63) is 18.2 Å². The number of nitrogens with one attached hydrogen (secondary N) is 1. The molecule has 0 aliphatic carbocycles. The number of carbonyl (C=O) groups excluding carboxylic acids is 1. The number of hydrogen-bond donors (Lipinski definition) is 2. The molecule has 126 valence electrons. The molecule has 0 atom stereocenters. The smallest absolute Gasteiger partial charge is 0.246 e. The summed E-state index contributed by atoms with van der Waals surface area (Å²) >= 11 is 2.87. The lowest BCUT2D eigenvalue weighted by atomic mass is 10.3. The molecule has 1 amide bonds. The van der Waals surface area contributed by atoms with Gasteiger partial charge in [-0.25, -0.2) is 4.98 Å². The second kappa shape index (κ2) is 7.05. The largest absolute Gasteiger partial charge is 0.497 e. The van der Waals surface area contributed by atoms with Crippen LogP contribution in [0.2, 0.25) is 0 Å². The third-order valence-corrected chi connectivity index (χ3v) is 4.95. The molecule has 8 nitrogen and oxygen atoms in total. The second-order valence-corrected chi connectivity index (χ2v) is 7.02. The molecule has 0 radical (unpaired) electrons. The molecule has 1 aromatic carbocycles. The van der Waals surface area contributed by atoms with Crippen molar-refractivity contribution < 1.29 is 9.53 Å². The summed E-state index contributed by atoms with van der Waals surface area (Å²) in [5.74, 6) is 1.56. The maximum atomic E-state index is 12.3. The molecule has 0 unspecified atom stereocenters. The van der Waals surface area contributed by atoms with Crippen LogP contribution in [0.4, 0.5) is 11.1 Å². The van der Waals surface area contributed by atoms with Crippen LogP contribution in [-0.2, 0) is 11.3 Å². The van der Waals surface area contributed by atoms with Crippen LogP contribution in [0.3, 0.4) is 0 Å². The number of nitrogens with zero attached hydrogens (tertiary/aromatic N) is 4. The van der Waals surface area contributed by atoms with E-state index in [0.717, 1.165) is 21.7 Å². The Balaban J connectivity index is 1.74. The standard InChI is InChI=1S/C14H16N6O2S2/c1-3-23-14-19-18-12(15)20(14)7-11(21)17-13-16-9-5-4-8(22-2)6-10(9)24-13/h4-6H,3,7H2,1-2H3,(H2,15,18)(H,16,17,21). The number of rotatable bonds is 6. The SMILES string of the molecule is CCSc1nnc(N)n1CC(=O)Nc1nc2ccc(OC)cc2s1. The van der Waals surface area contributed by atoms with Gasteiger partial charge in [0, 0.05) is 0 Å². The van der Waals surface area contributed by atoms with Gasteiger partial charge in [-0.1, -0.05) is 30.0 Å². The topological polar surface area (TPSA) is 108 Å². The van der Waals surface area contributed by atoms with E-state index in [2.05, 4.69) is 20.5 Å². The van der Waals surface area contributed by atoms with Crippen LogP contribution in [0.5, 0.6) is 5.75 Å². The van der Waals surface area contributed by atoms with Gasteiger partial charge in [0.05, 0.1) is 17.3 Å². The molecule has 2 heterocycles. The van der Waals surface area contributed by atoms with Crippen molar-refractivity contribution in [1.29, 1.82) is 0 Å². The van der Waals surface area contributed by atoms with Gasteiger partial charge in [-0.3, -0.25) is 9.36 Å². The number of nitrogen functional groups attached to an aromatic ring is 1. The van der Waals surface area contributed by atoms with Crippen molar-refractivity contribution >= 4 is 50.3 Å². The van der Waals surface area contributed by atoms with Gasteiger partial charge in [-0.15, -0.1) is 10.2 Å². The van der Waals surface area contributed by atoms with Gasteiger partial charge in [0.25, 0.3) is 0 Å². The van der Waals surface area contributed by atoms with Gasteiger partial charge in [-0.2, -0.15) is 0 Å². The second-order valence-electron chi connectivity index (χ2n) is 4.76. The van der Waals surface area contributed by atoms with E-state index in [1.807, 2.05) is 25.1 Å². The van der Waals surface area contributed by atoms with Crippen LogP contribution >= 0.6 is 23.1 Å². The summed E-state index contributed by atoms with van der Waals surface area (Å²) < 4.78 is 7.71. The molecule has 0 aliphatic heterocycles. The van der Waals surface area contributed by atoms with E-state index in [-0.39, 0.29) is 18.4 Å². The van der Waals surface area contributed by atoms with E-state index in [1.165, 1.54) is 23.1 Å². The molecule has 0 saturated heterocycles. The number of thioether (sulfide) groups is 1. The van der Waals surface area contributed by atoms with Crippen molar-refractivity contribution in [2.24, 2.45) is 0 Å². The number of ether oxygens (including phenoxy) is 1. The Kier molecular flexibility index (Phi) is 4.86. The van der Waals surface area contributed by atoms with Crippen LogP contribution in [-0.4, -0.2) is 38.5 Å². The zero-order valence-corrected chi connectivity index (χ0v) is 14.8. The van der Waals surface area contributed by atoms with Crippen LogP contribution < -0.4 is 15.8 Å². The van der Waals surface area contributed by atoms with Crippen LogP contribution in [0.15, 0.2) is 23.4 Å². The first-order valence-corrected chi connectivity index (χ1v) is 8.96. The Morgan fingerprint density at radius 3 is 3.04 bits per heavy atom. The molecule has 3 N–H and O–H groups in total. The van der Waals surface area contributed by atoms with Crippen molar-refractivity contribution in [1.82, 2.24) is 19.7 Å². The molecule has 2 aromatic heterocycles.